The molecule has 0 saturated carbocycles. The molecular weight excluding hydrogens is 298 g/mol. The topological polar surface area (TPSA) is 82.4 Å². The summed E-state index contributed by atoms with van der Waals surface area (Å²) in [5.74, 6) is 0.654. The van der Waals surface area contributed by atoms with E-state index in [2.05, 4.69) is 10.3 Å². The normalized spacial score (nSPS) is 19.6. The van der Waals surface area contributed by atoms with Crippen LogP contribution in [0.25, 0.3) is 0 Å². The third kappa shape index (κ3) is 3.19. The van der Waals surface area contributed by atoms with Crippen molar-refractivity contribution in [3.8, 4) is 0 Å². The summed E-state index contributed by atoms with van der Waals surface area (Å²) in [6, 6.07) is 4.48. The van der Waals surface area contributed by atoms with Gasteiger partial charge in [-0.25, -0.2) is 8.42 Å². The predicted molar refractivity (Wildman–Crippen MR) is 82.0 cm³/mol. The summed E-state index contributed by atoms with van der Waals surface area (Å²) in [6.07, 6.45) is 2.00. The maximum Gasteiger partial charge on any atom is 0.175 e. The number of hydrogen-bond donors (Lipinski definition) is 2. The van der Waals surface area contributed by atoms with E-state index in [9.17, 15) is 8.42 Å². The Morgan fingerprint density at radius 2 is 2.15 bits per heavy atom. The standard InChI is InChI=1S/C13H16ClN3O2S/c1-8-5-6-16-13(12(8)15)17-11-4-3-9(7-10(11)14)20(2,18)19/h3-4,7-8,15H,5-6H2,1-2H3,(H,16,17). The number of nitrogens with zero attached hydrogens (tertiary/aromatic N) is 1. The zero-order valence-corrected chi connectivity index (χ0v) is 12.8. The molecule has 1 unspecified atom stereocenters. The maximum atomic E-state index is 11.4. The molecule has 1 aliphatic rings. The number of nitrogens with one attached hydrogen (secondary N) is 2. The number of benzene rings is 1. The molecule has 1 aliphatic heterocycles. The summed E-state index contributed by atoms with van der Waals surface area (Å²) in [6.45, 7) is 2.65. The van der Waals surface area contributed by atoms with Crippen molar-refractivity contribution in [1.29, 1.82) is 5.41 Å². The van der Waals surface area contributed by atoms with Gasteiger partial charge in [0.05, 0.1) is 21.3 Å². The van der Waals surface area contributed by atoms with E-state index in [0.717, 1.165) is 12.7 Å². The number of rotatable bonds is 2. The lowest BCUT2D eigenvalue weighted by atomic mass is 9.98. The van der Waals surface area contributed by atoms with E-state index in [0.29, 0.717) is 28.8 Å². The Labute approximate surface area is 123 Å². The van der Waals surface area contributed by atoms with Crippen LogP contribution in [0.5, 0.6) is 0 Å². The average Bonchev–Trinajstić information content (AvgIpc) is 2.36. The van der Waals surface area contributed by atoms with Crippen LogP contribution >= 0.6 is 11.6 Å². The van der Waals surface area contributed by atoms with Gasteiger partial charge in [0.15, 0.2) is 9.84 Å². The Morgan fingerprint density at radius 3 is 2.75 bits per heavy atom. The van der Waals surface area contributed by atoms with E-state index in [1.807, 2.05) is 6.92 Å². The number of aliphatic imine (C=N–C) groups is 1. The Morgan fingerprint density at radius 1 is 1.45 bits per heavy atom. The van der Waals surface area contributed by atoms with Crippen LogP contribution in [0.4, 0.5) is 5.69 Å². The number of halogens is 1. The molecule has 5 nitrogen and oxygen atoms in total. The summed E-state index contributed by atoms with van der Waals surface area (Å²) < 4.78 is 22.9. The molecule has 20 heavy (non-hydrogen) atoms. The quantitative estimate of drug-likeness (QED) is 0.880. The SMILES string of the molecule is CC1CCN=C(Nc2ccc(S(C)(=O)=O)cc2Cl)C1=N. The first-order valence-electron chi connectivity index (χ1n) is 6.19. The minimum absolute atomic E-state index is 0.157. The first-order valence-corrected chi connectivity index (χ1v) is 8.46. The highest BCUT2D eigenvalue weighted by atomic mass is 35.5. The van der Waals surface area contributed by atoms with Crippen molar-refractivity contribution in [1.82, 2.24) is 0 Å². The first kappa shape index (κ1) is 15.0. The van der Waals surface area contributed by atoms with Gasteiger partial charge in [0.2, 0.25) is 0 Å². The molecule has 0 aliphatic carbocycles. The van der Waals surface area contributed by atoms with E-state index in [-0.39, 0.29) is 10.8 Å². The molecule has 0 spiro atoms. The smallest absolute Gasteiger partial charge is 0.175 e. The maximum absolute atomic E-state index is 11.4. The van der Waals surface area contributed by atoms with Crippen molar-refractivity contribution in [2.75, 3.05) is 18.1 Å². The van der Waals surface area contributed by atoms with Gasteiger partial charge >= 0.3 is 0 Å². The van der Waals surface area contributed by atoms with E-state index in [4.69, 9.17) is 17.0 Å². The van der Waals surface area contributed by atoms with Crippen molar-refractivity contribution < 1.29 is 8.42 Å². The number of amidine groups is 1. The average molecular weight is 314 g/mol. The highest BCUT2D eigenvalue weighted by Gasteiger charge is 2.20. The molecule has 0 fully saturated rings. The molecule has 1 aromatic carbocycles. The zero-order valence-electron chi connectivity index (χ0n) is 11.3. The van der Waals surface area contributed by atoms with Crippen LogP contribution in [0.2, 0.25) is 5.02 Å². The van der Waals surface area contributed by atoms with Crippen molar-refractivity contribution in [2.45, 2.75) is 18.2 Å². The molecule has 0 bridgehead atoms. The van der Waals surface area contributed by atoms with Gasteiger partial charge in [-0.3, -0.25) is 4.99 Å². The number of sulfone groups is 1. The van der Waals surface area contributed by atoms with E-state index in [1.54, 1.807) is 6.07 Å². The monoisotopic (exact) mass is 313 g/mol. The molecule has 1 aromatic rings. The lowest BCUT2D eigenvalue weighted by molar-refractivity contribution is 0.602. The zero-order chi connectivity index (χ0) is 14.9. The van der Waals surface area contributed by atoms with Crippen molar-refractivity contribution >= 4 is 38.7 Å². The van der Waals surface area contributed by atoms with E-state index < -0.39 is 9.84 Å². The number of hydrogen-bond acceptors (Lipinski definition) is 5. The fraction of sp³-hybridized carbons (Fsp3) is 0.385. The van der Waals surface area contributed by atoms with Crippen LogP contribution < -0.4 is 5.32 Å². The van der Waals surface area contributed by atoms with Crippen LogP contribution in [-0.2, 0) is 9.84 Å². The van der Waals surface area contributed by atoms with Crippen LogP contribution in [0, 0.1) is 11.3 Å². The third-order valence-electron chi connectivity index (χ3n) is 3.20. The van der Waals surface area contributed by atoms with Gasteiger partial charge in [-0.05, 0) is 24.6 Å². The van der Waals surface area contributed by atoms with Gasteiger partial charge in [0, 0.05) is 18.7 Å². The fourth-order valence-corrected chi connectivity index (χ4v) is 2.83. The summed E-state index contributed by atoms with van der Waals surface area (Å²) in [5.41, 5.74) is 0.996. The number of anilines is 1. The molecule has 1 atom stereocenters. The second kappa shape index (κ2) is 5.54. The second-order valence-electron chi connectivity index (χ2n) is 4.87. The van der Waals surface area contributed by atoms with Crippen molar-refractivity contribution in [3.05, 3.63) is 23.2 Å². The van der Waals surface area contributed by atoms with E-state index in [1.165, 1.54) is 12.1 Å². The molecular formula is C13H16ClN3O2S. The van der Waals surface area contributed by atoms with Gasteiger partial charge < -0.3 is 10.7 Å². The second-order valence-corrected chi connectivity index (χ2v) is 7.30. The molecule has 2 rings (SSSR count). The van der Waals surface area contributed by atoms with Gasteiger partial charge in [-0.15, -0.1) is 0 Å². The lowest BCUT2D eigenvalue weighted by Gasteiger charge is -2.21. The predicted octanol–water partition coefficient (Wildman–Crippen LogP) is 2.61. The summed E-state index contributed by atoms with van der Waals surface area (Å²) >= 11 is 6.09. The molecule has 0 aromatic heterocycles. The molecule has 108 valence electrons. The molecule has 1 heterocycles. The van der Waals surface area contributed by atoms with Crippen LogP contribution in [-0.4, -0.2) is 32.8 Å². The lowest BCUT2D eigenvalue weighted by Crippen LogP contribution is -2.32. The van der Waals surface area contributed by atoms with Crippen molar-refractivity contribution in [2.24, 2.45) is 10.9 Å². The van der Waals surface area contributed by atoms with Gasteiger partial charge in [-0.1, -0.05) is 18.5 Å². The Balaban J connectivity index is 2.27. The Kier molecular flexibility index (Phi) is 4.15. The van der Waals surface area contributed by atoms with Crippen LogP contribution in [0.1, 0.15) is 13.3 Å². The Hall–Kier alpha value is -1.40. The molecule has 7 heteroatoms. The highest BCUT2D eigenvalue weighted by Crippen LogP contribution is 2.26. The summed E-state index contributed by atoms with van der Waals surface area (Å²) in [5, 5.41) is 11.3. The molecule has 0 radical (unpaired) electrons. The van der Waals surface area contributed by atoms with Crippen LogP contribution in [0.15, 0.2) is 28.1 Å². The molecule has 0 saturated heterocycles. The highest BCUT2D eigenvalue weighted by molar-refractivity contribution is 7.90. The van der Waals surface area contributed by atoms with Gasteiger partial charge in [0.1, 0.15) is 5.84 Å². The van der Waals surface area contributed by atoms with Crippen LogP contribution in [0.3, 0.4) is 0 Å². The largest absolute Gasteiger partial charge is 0.338 e. The summed E-state index contributed by atoms with van der Waals surface area (Å²) in [4.78, 5) is 4.44. The summed E-state index contributed by atoms with van der Waals surface area (Å²) in [7, 11) is -3.28. The minimum atomic E-state index is -3.28. The third-order valence-corrected chi connectivity index (χ3v) is 4.62. The van der Waals surface area contributed by atoms with Gasteiger partial charge in [-0.2, -0.15) is 0 Å². The van der Waals surface area contributed by atoms with Crippen molar-refractivity contribution in [3.63, 3.8) is 0 Å². The first-order chi connectivity index (χ1) is 9.29. The van der Waals surface area contributed by atoms with E-state index >= 15 is 0 Å². The molecule has 0 amide bonds. The van der Waals surface area contributed by atoms with Gasteiger partial charge in [0.25, 0.3) is 0 Å². The Bertz CT molecular complexity index is 683. The fourth-order valence-electron chi connectivity index (χ4n) is 1.90. The minimum Gasteiger partial charge on any atom is -0.338 e. The molecule has 2 N–H and O–H groups in total.